The van der Waals surface area contributed by atoms with E-state index in [9.17, 15) is 13.2 Å². The highest BCUT2D eigenvalue weighted by Crippen LogP contribution is 2.39. The number of nitrogens with zero attached hydrogens (tertiary/aromatic N) is 2. The van der Waals surface area contributed by atoms with Gasteiger partial charge in [-0.05, 0) is 17.2 Å². The summed E-state index contributed by atoms with van der Waals surface area (Å²) in [6, 6.07) is 16.9. The van der Waals surface area contributed by atoms with Gasteiger partial charge in [-0.25, -0.2) is 8.42 Å². The van der Waals surface area contributed by atoms with Crippen LogP contribution in [-0.2, 0) is 27.6 Å². The van der Waals surface area contributed by atoms with Crippen molar-refractivity contribution in [3.63, 3.8) is 0 Å². The minimum Gasteiger partial charge on any atom is -0.342 e. The van der Waals surface area contributed by atoms with E-state index in [1.54, 1.807) is 6.07 Å². The maximum Gasteiger partial charge on any atom is 0.252 e. The van der Waals surface area contributed by atoms with Gasteiger partial charge in [0.1, 0.15) is 0 Å². The molecule has 2 heterocycles. The number of hydrogen-bond acceptors (Lipinski definition) is 4. The molecule has 28 heavy (non-hydrogen) atoms. The van der Waals surface area contributed by atoms with Crippen molar-refractivity contribution in [2.24, 2.45) is 4.99 Å². The average Bonchev–Trinajstić information content (AvgIpc) is 3.10. The fraction of sp³-hybridized carbons (Fsp3) is 0.300. The zero-order valence-electron chi connectivity index (χ0n) is 15.0. The van der Waals surface area contributed by atoms with Crippen LogP contribution in [0.5, 0.6) is 0 Å². The zero-order chi connectivity index (χ0) is 19.7. The van der Waals surface area contributed by atoms with E-state index in [-0.39, 0.29) is 35.1 Å². The first-order valence-corrected chi connectivity index (χ1v) is 12.0. The van der Waals surface area contributed by atoms with E-state index >= 15 is 0 Å². The Morgan fingerprint density at radius 3 is 2.57 bits per heavy atom. The summed E-state index contributed by atoms with van der Waals surface area (Å²) in [5.41, 5.74) is 1.79. The lowest BCUT2D eigenvalue weighted by Crippen LogP contribution is -2.37. The lowest BCUT2D eigenvalue weighted by Gasteiger charge is -2.24. The van der Waals surface area contributed by atoms with Crippen LogP contribution in [0.25, 0.3) is 0 Å². The number of halogens is 1. The van der Waals surface area contributed by atoms with E-state index < -0.39 is 9.84 Å². The van der Waals surface area contributed by atoms with Crippen molar-refractivity contribution in [1.29, 1.82) is 0 Å². The van der Waals surface area contributed by atoms with Crippen molar-refractivity contribution in [2.75, 3.05) is 11.5 Å². The van der Waals surface area contributed by atoms with Crippen LogP contribution in [0.1, 0.15) is 11.1 Å². The second-order valence-electron chi connectivity index (χ2n) is 6.97. The molecule has 0 N–H and O–H groups in total. The minimum absolute atomic E-state index is 0.0828. The van der Waals surface area contributed by atoms with Crippen LogP contribution in [0.4, 0.5) is 0 Å². The first-order valence-electron chi connectivity index (χ1n) is 8.94. The molecule has 2 fully saturated rings. The topological polar surface area (TPSA) is 66.8 Å². The van der Waals surface area contributed by atoms with Crippen molar-refractivity contribution >= 4 is 44.3 Å². The van der Waals surface area contributed by atoms with E-state index in [1.165, 1.54) is 11.8 Å². The Labute approximate surface area is 173 Å². The summed E-state index contributed by atoms with van der Waals surface area (Å²) in [6.45, 7) is 0.530. The van der Waals surface area contributed by atoms with E-state index in [1.807, 2.05) is 53.4 Å². The number of carbonyl (C=O) groups excluding carboxylic acids is 1. The predicted molar refractivity (Wildman–Crippen MR) is 113 cm³/mol. The van der Waals surface area contributed by atoms with E-state index in [0.717, 1.165) is 11.1 Å². The Balaban J connectivity index is 1.58. The molecule has 8 heteroatoms. The minimum atomic E-state index is -3.06. The molecule has 2 atom stereocenters. The number of carbonyl (C=O) groups is 1. The third-order valence-electron chi connectivity index (χ3n) is 4.89. The SMILES string of the molecule is O=C(Cc1ccccc1Cl)N=C1S[C@@H]2CS(=O)(=O)C[C@@H]2N1Cc1ccccc1. The Hall–Kier alpha value is -1.83. The summed E-state index contributed by atoms with van der Waals surface area (Å²) in [5, 5.41) is 1.06. The van der Waals surface area contributed by atoms with Crippen LogP contribution in [-0.4, -0.2) is 47.2 Å². The molecular weight excluding hydrogens is 416 g/mol. The lowest BCUT2D eigenvalue weighted by atomic mass is 10.1. The van der Waals surface area contributed by atoms with Crippen molar-refractivity contribution in [3.8, 4) is 0 Å². The number of amides is 1. The first kappa shape index (κ1) is 19.5. The summed E-state index contributed by atoms with van der Waals surface area (Å²) < 4.78 is 24.2. The summed E-state index contributed by atoms with van der Waals surface area (Å²) in [6.07, 6.45) is 0.122. The number of sulfone groups is 1. The monoisotopic (exact) mass is 434 g/mol. The van der Waals surface area contributed by atoms with Crippen LogP contribution in [0.3, 0.4) is 0 Å². The maximum absolute atomic E-state index is 12.6. The molecule has 0 unspecified atom stereocenters. The summed E-state index contributed by atoms with van der Waals surface area (Å²) in [7, 11) is -3.06. The number of fused-ring (bicyclic) bond motifs is 1. The largest absolute Gasteiger partial charge is 0.342 e. The van der Waals surface area contributed by atoms with Gasteiger partial charge in [-0.1, -0.05) is 71.9 Å². The molecular formula is C20H19ClN2O3S2. The molecule has 2 aromatic rings. The highest BCUT2D eigenvalue weighted by molar-refractivity contribution is 8.15. The first-order chi connectivity index (χ1) is 13.4. The van der Waals surface area contributed by atoms with E-state index in [2.05, 4.69) is 4.99 Å². The summed E-state index contributed by atoms with van der Waals surface area (Å²) in [4.78, 5) is 18.9. The predicted octanol–water partition coefficient (Wildman–Crippen LogP) is 3.18. The van der Waals surface area contributed by atoms with E-state index in [0.29, 0.717) is 16.7 Å². The highest BCUT2D eigenvalue weighted by Gasteiger charge is 2.48. The molecule has 0 saturated carbocycles. The quantitative estimate of drug-likeness (QED) is 0.739. The molecule has 146 valence electrons. The van der Waals surface area contributed by atoms with Crippen molar-refractivity contribution < 1.29 is 13.2 Å². The number of thioether (sulfide) groups is 1. The van der Waals surface area contributed by atoms with Gasteiger partial charge in [0.2, 0.25) is 0 Å². The molecule has 0 spiro atoms. The molecule has 4 rings (SSSR count). The van der Waals surface area contributed by atoms with Crippen molar-refractivity contribution in [2.45, 2.75) is 24.3 Å². The molecule has 0 radical (unpaired) electrons. The number of amidine groups is 1. The van der Waals surface area contributed by atoms with Gasteiger partial charge in [-0.2, -0.15) is 4.99 Å². The van der Waals surface area contributed by atoms with Gasteiger partial charge >= 0.3 is 0 Å². The van der Waals surface area contributed by atoms with Crippen molar-refractivity contribution in [1.82, 2.24) is 4.90 Å². The third-order valence-corrected chi connectivity index (χ3v) is 8.51. The Morgan fingerprint density at radius 1 is 1.11 bits per heavy atom. The Kier molecular flexibility index (Phi) is 5.49. The lowest BCUT2D eigenvalue weighted by molar-refractivity contribution is -0.117. The number of aliphatic imine (C=N–C) groups is 1. The van der Waals surface area contributed by atoms with Gasteiger partial charge in [0.15, 0.2) is 15.0 Å². The van der Waals surface area contributed by atoms with Crippen LogP contribution >= 0.6 is 23.4 Å². The molecule has 5 nitrogen and oxygen atoms in total. The van der Waals surface area contributed by atoms with Gasteiger partial charge in [0, 0.05) is 16.8 Å². The zero-order valence-corrected chi connectivity index (χ0v) is 17.4. The number of benzene rings is 2. The molecule has 2 saturated heterocycles. The molecule has 0 bridgehead atoms. The molecule has 2 aliphatic rings. The van der Waals surface area contributed by atoms with Crippen LogP contribution in [0.2, 0.25) is 5.02 Å². The summed E-state index contributed by atoms with van der Waals surface area (Å²) >= 11 is 7.54. The van der Waals surface area contributed by atoms with Gasteiger partial charge < -0.3 is 4.90 Å². The fourth-order valence-electron chi connectivity index (χ4n) is 3.55. The molecule has 2 aromatic carbocycles. The van der Waals surface area contributed by atoms with Gasteiger partial charge in [0.25, 0.3) is 5.91 Å². The van der Waals surface area contributed by atoms with Crippen LogP contribution in [0.15, 0.2) is 59.6 Å². The normalized spacial score (nSPS) is 24.5. The standard InChI is InChI=1S/C20H19ClN2O3S2/c21-16-9-5-4-8-15(16)10-19(24)22-20-23(11-14-6-2-1-3-7-14)17-12-28(25,26)13-18(17)27-20/h1-9,17-18H,10-13H2/t17-,18+/m0/s1. The maximum atomic E-state index is 12.6. The molecule has 0 aliphatic carbocycles. The highest BCUT2D eigenvalue weighted by atomic mass is 35.5. The second kappa shape index (κ2) is 7.89. The van der Waals surface area contributed by atoms with Crippen LogP contribution in [0, 0.1) is 0 Å². The average molecular weight is 435 g/mol. The van der Waals surface area contributed by atoms with Gasteiger partial charge in [0.05, 0.1) is 24.0 Å². The van der Waals surface area contributed by atoms with Crippen LogP contribution < -0.4 is 0 Å². The molecule has 0 aromatic heterocycles. The smallest absolute Gasteiger partial charge is 0.252 e. The summed E-state index contributed by atoms with van der Waals surface area (Å²) in [5.74, 6) is -0.0443. The van der Waals surface area contributed by atoms with Gasteiger partial charge in [-0.3, -0.25) is 4.79 Å². The Bertz CT molecular complexity index is 1020. The number of rotatable bonds is 4. The second-order valence-corrected chi connectivity index (χ2v) is 10.7. The van der Waals surface area contributed by atoms with Crippen molar-refractivity contribution in [3.05, 3.63) is 70.7 Å². The Morgan fingerprint density at radius 2 is 1.82 bits per heavy atom. The third kappa shape index (κ3) is 4.26. The molecule has 2 aliphatic heterocycles. The van der Waals surface area contributed by atoms with Gasteiger partial charge in [-0.15, -0.1) is 0 Å². The fourth-order valence-corrected chi connectivity index (χ4v) is 7.72. The molecule has 1 amide bonds. The van der Waals surface area contributed by atoms with E-state index in [4.69, 9.17) is 11.6 Å². The number of hydrogen-bond donors (Lipinski definition) is 0.